The van der Waals surface area contributed by atoms with Gasteiger partial charge in [-0.05, 0) is 86.0 Å². The Hall–Kier alpha value is -0.650. The van der Waals surface area contributed by atoms with Crippen LogP contribution in [0.3, 0.4) is 0 Å². The zero-order chi connectivity index (χ0) is 26.4. The highest BCUT2D eigenvalue weighted by atomic mass is 16.6. The van der Waals surface area contributed by atoms with Crippen LogP contribution in [0.25, 0.3) is 0 Å². The van der Waals surface area contributed by atoms with Gasteiger partial charge in [0.2, 0.25) is 0 Å². The van der Waals surface area contributed by atoms with Crippen LogP contribution in [0.5, 0.6) is 0 Å². The molecule has 0 fully saturated rings. The Balaban J connectivity index is 4.43. The highest BCUT2D eigenvalue weighted by Gasteiger charge is 2.41. The molecular weight excluding hydrogens is 416 g/mol. The van der Waals surface area contributed by atoms with Crippen LogP contribution in [0.2, 0.25) is 0 Å². The molecule has 0 aromatic rings. The molecule has 0 aromatic heterocycles. The highest BCUT2D eigenvalue weighted by Crippen LogP contribution is 2.46. The van der Waals surface area contributed by atoms with Gasteiger partial charge < -0.3 is 18.9 Å². The van der Waals surface area contributed by atoms with Crippen molar-refractivity contribution in [3.8, 4) is 0 Å². The van der Waals surface area contributed by atoms with E-state index in [1.807, 2.05) is 48.5 Å². The summed E-state index contributed by atoms with van der Waals surface area (Å²) < 4.78 is 23.5. The summed E-state index contributed by atoms with van der Waals surface area (Å²) in [5.41, 5.74) is -1.21. The standard InChI is InChI=1S/C28H56O5/c1-23(2,3)26(9,10)21-25(7,8)22(29)30-17-15-27(11,12)32-18-16-28(13,14)33-20-19-31-24(4,5)6/h15-21H2,1-14H3. The SMILES string of the molecule is CC(C)(C)OCCOC(C)(C)CCOC(C)(C)CCOC(=O)C(C)(C)CC(C)(C)C(C)(C)C. The predicted octanol–water partition coefficient (Wildman–Crippen LogP) is 7.20. The smallest absolute Gasteiger partial charge is 0.311 e. The topological polar surface area (TPSA) is 54.0 Å². The summed E-state index contributed by atoms with van der Waals surface area (Å²) in [6.45, 7) is 31.5. The Kier molecular flexibility index (Phi) is 11.6. The first-order valence-electron chi connectivity index (χ1n) is 12.6. The second-order valence-electron chi connectivity index (χ2n) is 14.0. The fourth-order valence-corrected chi connectivity index (χ4v) is 3.41. The van der Waals surface area contributed by atoms with Crippen molar-refractivity contribution in [1.82, 2.24) is 0 Å². The molecule has 5 nitrogen and oxygen atoms in total. The van der Waals surface area contributed by atoms with Crippen LogP contribution < -0.4 is 0 Å². The van der Waals surface area contributed by atoms with Crippen molar-refractivity contribution in [3.63, 3.8) is 0 Å². The summed E-state index contributed by atoms with van der Waals surface area (Å²) in [5.74, 6) is -0.136. The molecule has 0 aliphatic rings. The Morgan fingerprint density at radius 2 is 1.00 bits per heavy atom. The maximum absolute atomic E-state index is 12.8. The second kappa shape index (κ2) is 11.9. The van der Waals surface area contributed by atoms with Gasteiger partial charge in [0.25, 0.3) is 0 Å². The van der Waals surface area contributed by atoms with E-state index in [-0.39, 0.29) is 33.6 Å². The molecule has 0 saturated carbocycles. The van der Waals surface area contributed by atoms with E-state index in [0.717, 1.165) is 12.8 Å². The lowest BCUT2D eigenvalue weighted by Gasteiger charge is -2.43. The van der Waals surface area contributed by atoms with E-state index in [2.05, 4.69) is 48.5 Å². The zero-order valence-corrected chi connectivity index (χ0v) is 24.5. The molecule has 0 bridgehead atoms. The Bertz CT molecular complexity index is 588. The van der Waals surface area contributed by atoms with Crippen LogP contribution in [0.15, 0.2) is 0 Å². The van der Waals surface area contributed by atoms with E-state index in [4.69, 9.17) is 18.9 Å². The van der Waals surface area contributed by atoms with Crippen LogP contribution in [0.1, 0.15) is 116 Å². The quantitative estimate of drug-likeness (QED) is 0.197. The van der Waals surface area contributed by atoms with Gasteiger partial charge in [0, 0.05) is 6.42 Å². The Morgan fingerprint density at radius 1 is 0.576 bits per heavy atom. The normalized spacial score (nSPS) is 14.5. The number of hydrogen-bond donors (Lipinski definition) is 0. The van der Waals surface area contributed by atoms with E-state index in [1.54, 1.807) is 0 Å². The molecule has 198 valence electrons. The van der Waals surface area contributed by atoms with E-state index in [1.165, 1.54) is 0 Å². The number of hydrogen-bond acceptors (Lipinski definition) is 5. The van der Waals surface area contributed by atoms with Gasteiger partial charge in [-0.1, -0.05) is 34.6 Å². The van der Waals surface area contributed by atoms with Crippen molar-refractivity contribution in [2.45, 2.75) is 133 Å². The molecule has 0 spiro atoms. The van der Waals surface area contributed by atoms with E-state index in [9.17, 15) is 4.79 Å². The van der Waals surface area contributed by atoms with E-state index >= 15 is 0 Å². The van der Waals surface area contributed by atoms with Gasteiger partial charge in [-0.3, -0.25) is 4.79 Å². The van der Waals surface area contributed by atoms with Gasteiger partial charge in [0.15, 0.2) is 0 Å². The van der Waals surface area contributed by atoms with Crippen molar-refractivity contribution in [2.75, 3.05) is 26.4 Å². The number of esters is 1. The summed E-state index contributed by atoms with van der Waals surface area (Å²) in [7, 11) is 0. The van der Waals surface area contributed by atoms with Crippen LogP contribution in [0, 0.1) is 16.2 Å². The fraction of sp³-hybridized carbons (Fsp3) is 0.964. The molecule has 0 aromatic carbocycles. The maximum atomic E-state index is 12.8. The minimum atomic E-state index is -0.528. The minimum absolute atomic E-state index is 0.0195. The first-order valence-corrected chi connectivity index (χ1v) is 12.6. The van der Waals surface area contributed by atoms with Gasteiger partial charge >= 0.3 is 5.97 Å². The van der Waals surface area contributed by atoms with Crippen molar-refractivity contribution >= 4 is 5.97 Å². The summed E-state index contributed by atoms with van der Waals surface area (Å²) in [6, 6.07) is 0. The average Bonchev–Trinajstić information content (AvgIpc) is 2.55. The fourth-order valence-electron chi connectivity index (χ4n) is 3.41. The third kappa shape index (κ3) is 13.7. The van der Waals surface area contributed by atoms with Crippen LogP contribution in [0.4, 0.5) is 0 Å². The highest BCUT2D eigenvalue weighted by molar-refractivity contribution is 5.76. The van der Waals surface area contributed by atoms with Crippen LogP contribution in [-0.2, 0) is 23.7 Å². The molecule has 0 amide bonds. The van der Waals surface area contributed by atoms with Crippen molar-refractivity contribution in [2.24, 2.45) is 16.2 Å². The molecule has 0 aliphatic carbocycles. The van der Waals surface area contributed by atoms with Gasteiger partial charge in [-0.2, -0.15) is 0 Å². The zero-order valence-electron chi connectivity index (χ0n) is 24.5. The van der Waals surface area contributed by atoms with Crippen LogP contribution in [-0.4, -0.2) is 49.2 Å². The van der Waals surface area contributed by atoms with Crippen molar-refractivity contribution < 1.29 is 23.7 Å². The molecule has 0 saturated heterocycles. The molecule has 0 unspecified atom stereocenters. The molecule has 0 atom stereocenters. The van der Waals surface area contributed by atoms with Gasteiger partial charge in [0.1, 0.15) is 0 Å². The van der Waals surface area contributed by atoms with E-state index < -0.39 is 5.41 Å². The van der Waals surface area contributed by atoms with Crippen LogP contribution >= 0.6 is 0 Å². The lowest BCUT2D eigenvalue weighted by Crippen LogP contribution is -2.39. The van der Waals surface area contributed by atoms with Gasteiger partial charge in [-0.15, -0.1) is 0 Å². The van der Waals surface area contributed by atoms with E-state index in [0.29, 0.717) is 32.8 Å². The second-order valence-corrected chi connectivity index (χ2v) is 14.0. The minimum Gasteiger partial charge on any atom is -0.465 e. The summed E-state index contributed by atoms with van der Waals surface area (Å²) >= 11 is 0. The summed E-state index contributed by atoms with van der Waals surface area (Å²) in [4.78, 5) is 12.8. The maximum Gasteiger partial charge on any atom is 0.311 e. The number of rotatable bonds is 14. The van der Waals surface area contributed by atoms with Gasteiger partial charge in [0.05, 0.1) is 48.6 Å². The number of carbonyl (C=O) groups excluding carboxylic acids is 1. The van der Waals surface area contributed by atoms with Crippen molar-refractivity contribution in [1.29, 1.82) is 0 Å². The lowest BCUT2D eigenvalue weighted by atomic mass is 9.62. The third-order valence-corrected chi connectivity index (χ3v) is 6.71. The molecule has 0 radical (unpaired) electrons. The molecule has 0 aliphatic heterocycles. The summed E-state index contributed by atoms with van der Waals surface area (Å²) in [5, 5.41) is 0. The largest absolute Gasteiger partial charge is 0.465 e. The average molecular weight is 473 g/mol. The Morgan fingerprint density at radius 3 is 1.45 bits per heavy atom. The molecule has 33 heavy (non-hydrogen) atoms. The molecule has 0 N–H and O–H groups in total. The molecule has 0 heterocycles. The van der Waals surface area contributed by atoms with Crippen molar-refractivity contribution in [3.05, 3.63) is 0 Å². The first kappa shape index (κ1) is 32.4. The monoisotopic (exact) mass is 472 g/mol. The molecular formula is C28H56O5. The molecule has 0 rings (SSSR count). The lowest BCUT2D eigenvalue weighted by molar-refractivity contribution is -0.159. The third-order valence-electron chi connectivity index (χ3n) is 6.71. The number of carbonyl (C=O) groups is 1. The Labute approximate surface area is 205 Å². The first-order chi connectivity index (χ1) is 14.5. The summed E-state index contributed by atoms with van der Waals surface area (Å²) in [6.07, 6.45) is 2.21. The predicted molar refractivity (Wildman–Crippen MR) is 138 cm³/mol. The number of ether oxygens (including phenoxy) is 4. The van der Waals surface area contributed by atoms with Gasteiger partial charge in [-0.25, -0.2) is 0 Å². The molecule has 5 heteroatoms.